The Morgan fingerprint density at radius 3 is 2.88 bits per heavy atom. The zero-order chi connectivity index (χ0) is 12.1. The summed E-state index contributed by atoms with van der Waals surface area (Å²) < 4.78 is 0. The Balaban J connectivity index is 1.66. The Hall–Kier alpha value is -0.380. The molecule has 1 aliphatic carbocycles. The van der Waals surface area contributed by atoms with E-state index in [4.69, 9.17) is 0 Å². The van der Waals surface area contributed by atoms with Gasteiger partial charge in [-0.2, -0.15) is 11.3 Å². The Labute approximate surface area is 108 Å². The lowest BCUT2D eigenvalue weighted by atomic mass is 10.00. The first-order valence-electron chi connectivity index (χ1n) is 6.69. The molecule has 0 spiro atoms. The average molecular weight is 253 g/mol. The van der Waals surface area contributed by atoms with Gasteiger partial charge >= 0.3 is 0 Å². The van der Waals surface area contributed by atoms with Crippen LogP contribution in [0.4, 0.5) is 0 Å². The lowest BCUT2D eigenvalue weighted by molar-refractivity contribution is 0.137. The molecule has 96 valence electrons. The number of rotatable bonds is 6. The van der Waals surface area contributed by atoms with Crippen molar-refractivity contribution in [3.8, 4) is 0 Å². The fourth-order valence-electron chi connectivity index (χ4n) is 2.67. The smallest absolute Gasteiger partial charge is 0.0667 e. The SMILES string of the molecule is CC(NCC(O)CC1CCCC1)c1ccsc1. The highest BCUT2D eigenvalue weighted by Gasteiger charge is 2.19. The number of aliphatic hydroxyl groups is 1. The number of hydrogen-bond acceptors (Lipinski definition) is 3. The van der Waals surface area contributed by atoms with Crippen molar-refractivity contribution < 1.29 is 5.11 Å². The summed E-state index contributed by atoms with van der Waals surface area (Å²) in [6, 6.07) is 2.49. The first kappa shape index (κ1) is 13.1. The molecule has 17 heavy (non-hydrogen) atoms. The fraction of sp³-hybridized carbons (Fsp3) is 0.714. The summed E-state index contributed by atoms with van der Waals surface area (Å²) in [5, 5.41) is 17.7. The van der Waals surface area contributed by atoms with E-state index in [-0.39, 0.29) is 6.10 Å². The minimum Gasteiger partial charge on any atom is -0.392 e. The highest BCUT2D eigenvalue weighted by atomic mass is 32.1. The van der Waals surface area contributed by atoms with Crippen molar-refractivity contribution in [1.29, 1.82) is 0 Å². The van der Waals surface area contributed by atoms with Crippen LogP contribution in [-0.4, -0.2) is 17.8 Å². The summed E-state index contributed by atoms with van der Waals surface area (Å²) in [7, 11) is 0. The van der Waals surface area contributed by atoms with E-state index in [1.165, 1.54) is 31.2 Å². The predicted octanol–water partition coefficient (Wildman–Crippen LogP) is 3.34. The van der Waals surface area contributed by atoms with Crippen molar-refractivity contribution in [3.63, 3.8) is 0 Å². The molecule has 2 rings (SSSR count). The predicted molar refractivity (Wildman–Crippen MR) is 73.3 cm³/mol. The van der Waals surface area contributed by atoms with Gasteiger partial charge in [0.15, 0.2) is 0 Å². The molecule has 0 amide bonds. The Bertz CT molecular complexity index is 306. The van der Waals surface area contributed by atoms with Crippen LogP contribution in [0.25, 0.3) is 0 Å². The first-order chi connectivity index (χ1) is 8.25. The van der Waals surface area contributed by atoms with Gasteiger partial charge in [-0.05, 0) is 41.7 Å². The van der Waals surface area contributed by atoms with Gasteiger partial charge in [-0.3, -0.25) is 0 Å². The minimum absolute atomic E-state index is 0.181. The second-order valence-electron chi connectivity index (χ2n) is 5.23. The highest BCUT2D eigenvalue weighted by molar-refractivity contribution is 7.07. The van der Waals surface area contributed by atoms with Crippen molar-refractivity contribution in [2.75, 3.05) is 6.54 Å². The van der Waals surface area contributed by atoms with E-state index in [0.717, 1.165) is 12.3 Å². The molecule has 1 saturated carbocycles. The van der Waals surface area contributed by atoms with Crippen molar-refractivity contribution in [3.05, 3.63) is 22.4 Å². The Kier molecular flexibility index (Phi) is 5.01. The molecule has 0 saturated heterocycles. The molecular formula is C14H23NOS. The van der Waals surface area contributed by atoms with E-state index < -0.39 is 0 Å². The standard InChI is InChI=1S/C14H23NOS/c1-11(13-6-7-17-10-13)15-9-14(16)8-12-4-2-3-5-12/h6-7,10-12,14-16H,2-5,8-9H2,1H3. The van der Waals surface area contributed by atoms with Crippen LogP contribution in [0.1, 0.15) is 50.6 Å². The largest absolute Gasteiger partial charge is 0.392 e. The van der Waals surface area contributed by atoms with Crippen LogP contribution in [0.15, 0.2) is 16.8 Å². The van der Waals surface area contributed by atoms with E-state index in [0.29, 0.717) is 12.6 Å². The van der Waals surface area contributed by atoms with Gasteiger partial charge in [0.25, 0.3) is 0 Å². The van der Waals surface area contributed by atoms with Gasteiger partial charge in [-0.1, -0.05) is 25.7 Å². The molecule has 2 N–H and O–H groups in total. The maximum Gasteiger partial charge on any atom is 0.0667 e. The van der Waals surface area contributed by atoms with Gasteiger partial charge in [0.05, 0.1) is 6.10 Å². The molecule has 1 aromatic rings. The first-order valence-corrected chi connectivity index (χ1v) is 7.63. The molecule has 2 unspecified atom stereocenters. The number of aliphatic hydroxyl groups excluding tert-OH is 1. The highest BCUT2D eigenvalue weighted by Crippen LogP contribution is 2.28. The molecule has 1 aliphatic rings. The molecule has 1 fully saturated rings. The topological polar surface area (TPSA) is 32.3 Å². The fourth-order valence-corrected chi connectivity index (χ4v) is 3.42. The second kappa shape index (κ2) is 6.53. The van der Waals surface area contributed by atoms with Crippen LogP contribution >= 0.6 is 11.3 Å². The normalized spacial score (nSPS) is 20.6. The van der Waals surface area contributed by atoms with E-state index >= 15 is 0 Å². The average Bonchev–Trinajstić information content (AvgIpc) is 2.97. The zero-order valence-corrected chi connectivity index (χ0v) is 11.4. The van der Waals surface area contributed by atoms with Crippen LogP contribution < -0.4 is 5.32 Å². The van der Waals surface area contributed by atoms with Gasteiger partial charge in [0.2, 0.25) is 0 Å². The van der Waals surface area contributed by atoms with Gasteiger partial charge in [-0.25, -0.2) is 0 Å². The van der Waals surface area contributed by atoms with Gasteiger partial charge in [-0.15, -0.1) is 0 Å². The van der Waals surface area contributed by atoms with Crippen molar-refractivity contribution in [2.45, 2.75) is 51.2 Å². The molecule has 3 heteroatoms. The van der Waals surface area contributed by atoms with Crippen molar-refractivity contribution in [2.24, 2.45) is 5.92 Å². The van der Waals surface area contributed by atoms with E-state index in [9.17, 15) is 5.11 Å². The van der Waals surface area contributed by atoms with Gasteiger partial charge in [0.1, 0.15) is 0 Å². The summed E-state index contributed by atoms with van der Waals surface area (Å²) in [5.74, 6) is 0.767. The van der Waals surface area contributed by atoms with Crippen LogP contribution in [0.5, 0.6) is 0 Å². The third-order valence-corrected chi connectivity index (χ3v) is 4.48. The third kappa shape index (κ3) is 4.09. The van der Waals surface area contributed by atoms with Crippen LogP contribution in [0.3, 0.4) is 0 Å². The van der Waals surface area contributed by atoms with E-state index in [1.54, 1.807) is 11.3 Å². The molecule has 0 bridgehead atoms. The maximum atomic E-state index is 10.00. The van der Waals surface area contributed by atoms with E-state index in [1.807, 2.05) is 0 Å². The molecular weight excluding hydrogens is 230 g/mol. The number of hydrogen-bond donors (Lipinski definition) is 2. The van der Waals surface area contributed by atoms with Gasteiger partial charge in [0, 0.05) is 12.6 Å². The quantitative estimate of drug-likeness (QED) is 0.815. The minimum atomic E-state index is -0.181. The maximum absolute atomic E-state index is 10.00. The summed E-state index contributed by atoms with van der Waals surface area (Å²) in [6.45, 7) is 2.87. The van der Waals surface area contributed by atoms with Gasteiger partial charge < -0.3 is 10.4 Å². The van der Waals surface area contributed by atoms with Crippen molar-refractivity contribution in [1.82, 2.24) is 5.32 Å². The van der Waals surface area contributed by atoms with Crippen LogP contribution in [0, 0.1) is 5.92 Å². The van der Waals surface area contributed by atoms with Crippen LogP contribution in [0.2, 0.25) is 0 Å². The summed E-state index contributed by atoms with van der Waals surface area (Å²) in [4.78, 5) is 0. The molecule has 2 atom stereocenters. The molecule has 2 nitrogen and oxygen atoms in total. The van der Waals surface area contributed by atoms with E-state index in [2.05, 4.69) is 29.1 Å². The van der Waals surface area contributed by atoms with Crippen LogP contribution in [-0.2, 0) is 0 Å². The third-order valence-electron chi connectivity index (χ3n) is 3.78. The second-order valence-corrected chi connectivity index (χ2v) is 6.01. The lowest BCUT2D eigenvalue weighted by Crippen LogP contribution is -2.30. The summed E-state index contributed by atoms with van der Waals surface area (Å²) in [6.07, 6.45) is 6.14. The monoisotopic (exact) mass is 253 g/mol. The summed E-state index contributed by atoms with van der Waals surface area (Å²) in [5.41, 5.74) is 1.32. The Morgan fingerprint density at radius 2 is 2.24 bits per heavy atom. The zero-order valence-electron chi connectivity index (χ0n) is 10.6. The number of thiophene rings is 1. The number of nitrogens with one attached hydrogen (secondary N) is 1. The molecule has 1 heterocycles. The lowest BCUT2D eigenvalue weighted by Gasteiger charge is -2.19. The summed E-state index contributed by atoms with van der Waals surface area (Å²) >= 11 is 1.73. The molecule has 0 aromatic carbocycles. The molecule has 0 aliphatic heterocycles. The Morgan fingerprint density at radius 1 is 1.47 bits per heavy atom. The molecule has 1 aromatic heterocycles. The van der Waals surface area contributed by atoms with Crippen molar-refractivity contribution >= 4 is 11.3 Å². The molecule has 0 radical (unpaired) electrons.